The number of hydrogen-bond donors (Lipinski definition) is 1. The van der Waals surface area contributed by atoms with E-state index >= 15 is 0 Å². The van der Waals surface area contributed by atoms with Gasteiger partial charge in [0.25, 0.3) is 5.69 Å². The van der Waals surface area contributed by atoms with Gasteiger partial charge in [0.1, 0.15) is 6.04 Å². The van der Waals surface area contributed by atoms with Crippen molar-refractivity contribution in [3.8, 4) is 0 Å². The van der Waals surface area contributed by atoms with E-state index in [1.54, 1.807) is 0 Å². The van der Waals surface area contributed by atoms with Gasteiger partial charge in [-0.15, -0.1) is 0 Å². The SMILES string of the molecule is CC(=O)N1CCN(S(=O)(=O)c2ccc([N+](=O)[O-])cc2)C(C(=O)NCc2ccc(C(F)(F)F)cc2)C1. The molecular weight excluding hydrogens is 493 g/mol. The molecule has 1 saturated heterocycles. The Hall–Kier alpha value is -3.52. The minimum atomic E-state index is -4.51. The number of non-ortho nitro benzene ring substituents is 1. The van der Waals surface area contributed by atoms with Gasteiger partial charge in [0.05, 0.1) is 15.4 Å². The zero-order valence-corrected chi connectivity index (χ0v) is 19.2. The van der Waals surface area contributed by atoms with Crippen molar-refractivity contribution < 1.29 is 36.1 Å². The maximum atomic E-state index is 13.2. The molecule has 0 aliphatic carbocycles. The third-order valence-electron chi connectivity index (χ3n) is 5.48. The molecule has 1 atom stereocenters. The summed E-state index contributed by atoms with van der Waals surface area (Å²) in [5.74, 6) is -1.11. The molecule has 2 aromatic carbocycles. The fourth-order valence-corrected chi connectivity index (χ4v) is 5.12. The largest absolute Gasteiger partial charge is 0.416 e. The monoisotopic (exact) mass is 514 g/mol. The van der Waals surface area contributed by atoms with Crippen molar-refractivity contribution in [3.05, 3.63) is 69.8 Å². The van der Waals surface area contributed by atoms with E-state index < -0.39 is 38.6 Å². The van der Waals surface area contributed by atoms with Crippen LogP contribution in [0.25, 0.3) is 0 Å². The van der Waals surface area contributed by atoms with E-state index in [4.69, 9.17) is 0 Å². The Bertz CT molecular complexity index is 1220. The van der Waals surface area contributed by atoms with Gasteiger partial charge in [0, 0.05) is 45.2 Å². The van der Waals surface area contributed by atoms with Crippen LogP contribution in [0.4, 0.5) is 18.9 Å². The molecule has 1 fully saturated rings. The van der Waals surface area contributed by atoms with Crippen molar-refractivity contribution in [1.82, 2.24) is 14.5 Å². The van der Waals surface area contributed by atoms with Crippen molar-refractivity contribution in [2.24, 2.45) is 0 Å². The number of nitro benzene ring substituents is 1. The van der Waals surface area contributed by atoms with Gasteiger partial charge in [-0.2, -0.15) is 17.5 Å². The van der Waals surface area contributed by atoms with Crippen LogP contribution in [0, 0.1) is 10.1 Å². The zero-order chi connectivity index (χ0) is 26.0. The molecule has 1 aliphatic rings. The van der Waals surface area contributed by atoms with Crippen LogP contribution >= 0.6 is 0 Å². The van der Waals surface area contributed by atoms with Crippen LogP contribution in [0.3, 0.4) is 0 Å². The van der Waals surface area contributed by atoms with Gasteiger partial charge in [0.2, 0.25) is 21.8 Å². The first-order valence-corrected chi connectivity index (χ1v) is 11.7. The summed E-state index contributed by atoms with van der Waals surface area (Å²) in [7, 11) is -4.27. The summed E-state index contributed by atoms with van der Waals surface area (Å²) in [4.78, 5) is 36.1. The second kappa shape index (κ2) is 10.00. The highest BCUT2D eigenvalue weighted by atomic mass is 32.2. The maximum Gasteiger partial charge on any atom is 0.416 e. The molecule has 35 heavy (non-hydrogen) atoms. The van der Waals surface area contributed by atoms with Crippen molar-refractivity contribution in [1.29, 1.82) is 0 Å². The van der Waals surface area contributed by atoms with Gasteiger partial charge in [-0.25, -0.2) is 8.42 Å². The van der Waals surface area contributed by atoms with Gasteiger partial charge in [-0.05, 0) is 29.8 Å². The Balaban J connectivity index is 1.81. The van der Waals surface area contributed by atoms with Crippen LogP contribution in [-0.4, -0.2) is 60.0 Å². The summed E-state index contributed by atoms with van der Waals surface area (Å²) in [5.41, 5.74) is -0.802. The molecule has 0 aromatic heterocycles. The number of nitro groups is 1. The van der Waals surface area contributed by atoms with Gasteiger partial charge < -0.3 is 10.2 Å². The molecule has 1 unspecified atom stereocenters. The summed E-state index contributed by atoms with van der Waals surface area (Å²) < 4.78 is 65.6. The molecule has 3 rings (SSSR count). The average Bonchev–Trinajstić information content (AvgIpc) is 2.81. The number of rotatable bonds is 6. The van der Waals surface area contributed by atoms with Gasteiger partial charge in [-0.3, -0.25) is 19.7 Å². The second-order valence-electron chi connectivity index (χ2n) is 7.76. The average molecular weight is 514 g/mol. The molecule has 0 radical (unpaired) electrons. The number of alkyl halides is 3. The first kappa shape index (κ1) is 26.1. The Morgan fingerprint density at radius 2 is 1.69 bits per heavy atom. The zero-order valence-electron chi connectivity index (χ0n) is 18.4. The third kappa shape index (κ3) is 5.95. The number of hydrogen-bond acceptors (Lipinski definition) is 6. The number of piperazine rings is 1. The molecule has 0 saturated carbocycles. The number of nitrogens with zero attached hydrogens (tertiary/aromatic N) is 3. The Labute approximate surface area is 198 Å². The molecule has 0 spiro atoms. The lowest BCUT2D eigenvalue weighted by molar-refractivity contribution is -0.384. The van der Waals surface area contributed by atoms with E-state index in [2.05, 4.69) is 5.32 Å². The van der Waals surface area contributed by atoms with E-state index in [1.807, 2.05) is 0 Å². The van der Waals surface area contributed by atoms with Crippen molar-refractivity contribution in [3.63, 3.8) is 0 Å². The fraction of sp³-hybridized carbons (Fsp3) is 0.333. The number of halogens is 3. The molecule has 1 N–H and O–H groups in total. The highest BCUT2D eigenvalue weighted by Crippen LogP contribution is 2.29. The Kier molecular flexibility index (Phi) is 7.45. The maximum absolute atomic E-state index is 13.2. The lowest BCUT2D eigenvalue weighted by Gasteiger charge is -2.39. The third-order valence-corrected chi connectivity index (χ3v) is 7.40. The minimum absolute atomic E-state index is 0.0320. The summed E-state index contributed by atoms with van der Waals surface area (Å²) in [6.45, 7) is 0.707. The van der Waals surface area contributed by atoms with Gasteiger partial charge >= 0.3 is 6.18 Å². The van der Waals surface area contributed by atoms with Crippen LogP contribution in [0.15, 0.2) is 53.4 Å². The number of amides is 2. The van der Waals surface area contributed by atoms with E-state index in [1.165, 1.54) is 24.0 Å². The van der Waals surface area contributed by atoms with Crippen LogP contribution in [0.1, 0.15) is 18.1 Å². The van der Waals surface area contributed by atoms with Gasteiger partial charge in [-0.1, -0.05) is 12.1 Å². The summed E-state index contributed by atoms with van der Waals surface area (Å²) in [6.07, 6.45) is -4.51. The second-order valence-corrected chi connectivity index (χ2v) is 9.65. The first-order chi connectivity index (χ1) is 16.3. The molecule has 10 nitrogen and oxygen atoms in total. The van der Waals surface area contributed by atoms with Crippen molar-refractivity contribution in [2.75, 3.05) is 19.6 Å². The number of carbonyl (C=O) groups excluding carboxylic acids is 2. The minimum Gasteiger partial charge on any atom is -0.351 e. The first-order valence-electron chi connectivity index (χ1n) is 10.3. The molecule has 2 aromatic rings. The highest BCUT2D eigenvalue weighted by Gasteiger charge is 2.41. The number of benzene rings is 2. The van der Waals surface area contributed by atoms with Crippen LogP contribution in [-0.2, 0) is 32.3 Å². The topological polar surface area (TPSA) is 130 Å². The van der Waals surface area contributed by atoms with Crippen LogP contribution < -0.4 is 5.32 Å². The highest BCUT2D eigenvalue weighted by molar-refractivity contribution is 7.89. The molecule has 2 amide bonds. The molecule has 0 bridgehead atoms. The summed E-state index contributed by atoms with van der Waals surface area (Å²) in [5, 5.41) is 13.4. The van der Waals surface area contributed by atoms with E-state index in [9.17, 15) is 41.3 Å². The lowest BCUT2D eigenvalue weighted by Crippen LogP contribution is -2.61. The number of nitrogens with one attached hydrogen (secondary N) is 1. The molecule has 1 aliphatic heterocycles. The van der Waals surface area contributed by atoms with Crippen LogP contribution in [0.2, 0.25) is 0 Å². The van der Waals surface area contributed by atoms with Gasteiger partial charge in [0.15, 0.2) is 0 Å². The van der Waals surface area contributed by atoms with E-state index in [-0.39, 0.29) is 42.7 Å². The smallest absolute Gasteiger partial charge is 0.351 e. The normalized spacial score (nSPS) is 17.1. The van der Waals surface area contributed by atoms with Crippen LogP contribution in [0.5, 0.6) is 0 Å². The van der Waals surface area contributed by atoms with Crippen molar-refractivity contribution >= 4 is 27.5 Å². The van der Waals surface area contributed by atoms with E-state index in [0.717, 1.165) is 40.7 Å². The summed E-state index contributed by atoms with van der Waals surface area (Å²) in [6, 6.07) is 6.97. The Morgan fingerprint density at radius 3 is 2.20 bits per heavy atom. The number of sulfonamides is 1. The quantitative estimate of drug-likeness (QED) is 0.465. The number of carbonyl (C=O) groups is 2. The molecule has 188 valence electrons. The predicted molar refractivity (Wildman–Crippen MR) is 116 cm³/mol. The molecule has 14 heteroatoms. The molecule has 1 heterocycles. The predicted octanol–water partition coefficient (Wildman–Crippen LogP) is 2.15. The standard InChI is InChI=1S/C21H21F3N4O6S/c1-14(29)26-10-11-27(35(33,34)18-8-6-17(7-9-18)28(31)32)19(13-26)20(30)25-12-15-2-4-16(5-3-15)21(22,23)24/h2-9,19H,10-13H2,1H3,(H,25,30). The summed E-state index contributed by atoms with van der Waals surface area (Å²) >= 11 is 0. The molecular formula is C21H21F3N4O6S. The lowest BCUT2D eigenvalue weighted by atomic mass is 10.1. The fourth-order valence-electron chi connectivity index (χ4n) is 3.55. The van der Waals surface area contributed by atoms with Crippen molar-refractivity contribution in [2.45, 2.75) is 30.6 Å². The Morgan fingerprint density at radius 1 is 1.09 bits per heavy atom. The van der Waals surface area contributed by atoms with E-state index in [0.29, 0.717) is 5.56 Å².